The molecule has 4 nitrogen and oxygen atoms in total. The van der Waals surface area contributed by atoms with Crippen molar-refractivity contribution < 1.29 is 41.2 Å². The summed E-state index contributed by atoms with van der Waals surface area (Å²) in [4.78, 5) is 20.5. The SMILES string of the molecule is C=C(C(=O)O)C(=O)OCC.[Ti]. The number of aliphatic carboxylic acids is 1. The van der Waals surface area contributed by atoms with Gasteiger partial charge in [-0.3, -0.25) is 0 Å². The van der Waals surface area contributed by atoms with Crippen molar-refractivity contribution in [3.05, 3.63) is 12.2 Å². The quantitative estimate of drug-likeness (QED) is 0.228. The fourth-order valence-electron chi connectivity index (χ4n) is 0.306. The number of hydrogen-bond acceptors (Lipinski definition) is 3. The second-order valence-corrected chi connectivity index (χ2v) is 1.50. The van der Waals surface area contributed by atoms with Crippen LogP contribution in [0.4, 0.5) is 0 Å². The first-order valence-electron chi connectivity index (χ1n) is 2.69. The second kappa shape index (κ2) is 6.13. The summed E-state index contributed by atoms with van der Waals surface area (Å²) < 4.78 is 4.35. The number of ether oxygens (including phenoxy) is 1. The Labute approximate surface area is 79.1 Å². The molecule has 0 aromatic carbocycles. The third kappa shape index (κ3) is 4.75. The van der Waals surface area contributed by atoms with E-state index in [1.807, 2.05) is 0 Å². The van der Waals surface area contributed by atoms with E-state index in [0.29, 0.717) is 0 Å². The predicted octanol–water partition coefficient (Wildman–Crippen LogP) is 0.188. The number of esters is 1. The van der Waals surface area contributed by atoms with Gasteiger partial charge in [-0.15, -0.1) is 0 Å². The Hall–Kier alpha value is -0.606. The van der Waals surface area contributed by atoms with Crippen LogP contribution in [-0.4, -0.2) is 23.7 Å². The molecule has 0 saturated heterocycles. The number of rotatable bonds is 3. The van der Waals surface area contributed by atoms with Crippen molar-refractivity contribution in [3.63, 3.8) is 0 Å². The van der Waals surface area contributed by atoms with Gasteiger partial charge in [0.15, 0.2) is 0 Å². The third-order valence-electron chi connectivity index (χ3n) is 0.780. The van der Waals surface area contributed by atoms with E-state index in [2.05, 4.69) is 11.3 Å². The van der Waals surface area contributed by atoms with Gasteiger partial charge in [0.2, 0.25) is 0 Å². The van der Waals surface area contributed by atoms with E-state index in [0.717, 1.165) is 0 Å². The van der Waals surface area contributed by atoms with Crippen molar-refractivity contribution in [2.24, 2.45) is 0 Å². The molecule has 0 rings (SSSR count). The van der Waals surface area contributed by atoms with Gasteiger partial charge in [-0.2, -0.15) is 0 Å². The van der Waals surface area contributed by atoms with Crippen LogP contribution in [0.3, 0.4) is 0 Å². The zero-order valence-corrected chi connectivity index (χ0v) is 7.65. The van der Waals surface area contributed by atoms with Crippen LogP contribution in [0.5, 0.6) is 0 Å². The van der Waals surface area contributed by atoms with Crippen LogP contribution in [0, 0.1) is 0 Å². The molecular weight excluding hydrogens is 184 g/mol. The summed E-state index contributed by atoms with van der Waals surface area (Å²) in [6.07, 6.45) is 0. The Balaban J connectivity index is 0. The summed E-state index contributed by atoms with van der Waals surface area (Å²) >= 11 is 0. The summed E-state index contributed by atoms with van der Waals surface area (Å²) in [6, 6.07) is 0. The summed E-state index contributed by atoms with van der Waals surface area (Å²) in [7, 11) is 0. The Morgan fingerprint density at radius 1 is 1.55 bits per heavy atom. The number of carboxylic acid groups (broad SMARTS) is 1. The molecule has 60 valence electrons. The van der Waals surface area contributed by atoms with Gasteiger partial charge < -0.3 is 9.84 Å². The molecule has 0 saturated carbocycles. The molecule has 0 aromatic heterocycles. The summed E-state index contributed by atoms with van der Waals surface area (Å²) in [6.45, 7) is 4.75. The molecular formula is C6H8O4Ti. The fourth-order valence-corrected chi connectivity index (χ4v) is 0.306. The van der Waals surface area contributed by atoms with E-state index in [1.165, 1.54) is 0 Å². The van der Waals surface area contributed by atoms with Crippen LogP contribution >= 0.6 is 0 Å². The maximum absolute atomic E-state index is 10.5. The molecule has 0 aliphatic rings. The zero-order valence-electron chi connectivity index (χ0n) is 6.09. The van der Waals surface area contributed by atoms with Gasteiger partial charge in [-0.1, -0.05) is 6.58 Å². The number of carboxylic acids is 1. The minimum atomic E-state index is -1.35. The third-order valence-corrected chi connectivity index (χ3v) is 0.780. The molecule has 0 atom stereocenters. The van der Waals surface area contributed by atoms with Crippen LogP contribution in [0.1, 0.15) is 6.92 Å². The first-order valence-corrected chi connectivity index (χ1v) is 2.69. The minimum absolute atomic E-state index is 0. The van der Waals surface area contributed by atoms with Gasteiger partial charge in [0.05, 0.1) is 6.61 Å². The maximum Gasteiger partial charge on any atom is 0.344 e. The second-order valence-electron chi connectivity index (χ2n) is 1.50. The Bertz CT molecular complexity index is 175. The Morgan fingerprint density at radius 2 is 2.00 bits per heavy atom. The van der Waals surface area contributed by atoms with Gasteiger partial charge in [0, 0.05) is 21.7 Å². The van der Waals surface area contributed by atoms with Crippen LogP contribution in [0.2, 0.25) is 0 Å². The van der Waals surface area contributed by atoms with Crippen molar-refractivity contribution >= 4 is 11.9 Å². The van der Waals surface area contributed by atoms with Gasteiger partial charge in [-0.05, 0) is 6.92 Å². The van der Waals surface area contributed by atoms with Crippen LogP contribution in [0.15, 0.2) is 12.2 Å². The monoisotopic (exact) mass is 192 g/mol. The number of carbonyl (C=O) groups excluding carboxylic acids is 1. The average molecular weight is 192 g/mol. The molecule has 0 aliphatic heterocycles. The van der Waals surface area contributed by atoms with E-state index in [4.69, 9.17) is 5.11 Å². The van der Waals surface area contributed by atoms with E-state index >= 15 is 0 Å². The predicted molar refractivity (Wildman–Crippen MR) is 33.4 cm³/mol. The van der Waals surface area contributed by atoms with Crippen molar-refractivity contribution in [3.8, 4) is 0 Å². The topological polar surface area (TPSA) is 63.6 Å². The van der Waals surface area contributed by atoms with Gasteiger partial charge in [0.25, 0.3) is 0 Å². The normalized spacial score (nSPS) is 7.73. The molecule has 1 N–H and O–H groups in total. The number of carbonyl (C=O) groups is 2. The molecule has 0 spiro atoms. The first-order chi connectivity index (χ1) is 4.59. The minimum Gasteiger partial charge on any atom is -0.477 e. The molecule has 5 heteroatoms. The Morgan fingerprint density at radius 3 is 2.27 bits per heavy atom. The van der Waals surface area contributed by atoms with Crippen LogP contribution < -0.4 is 0 Å². The smallest absolute Gasteiger partial charge is 0.344 e. The van der Waals surface area contributed by atoms with Crippen LogP contribution in [0.25, 0.3) is 0 Å². The molecule has 0 amide bonds. The standard InChI is InChI=1S/C6H8O4.Ti/c1-3-10-6(9)4(2)5(7)8;/h2-3H2,1H3,(H,7,8);. The molecule has 0 radical (unpaired) electrons. The number of hydrogen-bond donors (Lipinski definition) is 1. The summed E-state index contributed by atoms with van der Waals surface area (Å²) in [5, 5.41) is 8.18. The summed E-state index contributed by atoms with van der Waals surface area (Å²) in [5.41, 5.74) is -0.540. The zero-order chi connectivity index (χ0) is 8.15. The largest absolute Gasteiger partial charge is 0.477 e. The first kappa shape index (κ1) is 13.0. The van der Waals surface area contributed by atoms with Crippen molar-refractivity contribution in [1.29, 1.82) is 0 Å². The van der Waals surface area contributed by atoms with Crippen molar-refractivity contribution in [2.45, 2.75) is 6.92 Å². The molecule has 0 aliphatic carbocycles. The molecule has 0 heterocycles. The molecule has 11 heavy (non-hydrogen) atoms. The van der Waals surface area contributed by atoms with Crippen molar-refractivity contribution in [1.82, 2.24) is 0 Å². The van der Waals surface area contributed by atoms with Crippen LogP contribution in [-0.2, 0) is 36.0 Å². The van der Waals surface area contributed by atoms with E-state index < -0.39 is 17.5 Å². The van der Waals surface area contributed by atoms with Gasteiger partial charge in [-0.25, -0.2) is 9.59 Å². The van der Waals surface area contributed by atoms with Crippen molar-refractivity contribution in [2.75, 3.05) is 6.61 Å². The van der Waals surface area contributed by atoms with E-state index in [9.17, 15) is 9.59 Å². The molecule has 0 fully saturated rings. The fraction of sp³-hybridized carbons (Fsp3) is 0.333. The average Bonchev–Trinajstić information content (AvgIpc) is 1.87. The molecule has 0 aromatic rings. The van der Waals surface area contributed by atoms with Gasteiger partial charge in [0.1, 0.15) is 5.57 Å². The Kier molecular flexibility index (Phi) is 7.25. The maximum atomic E-state index is 10.5. The molecule has 0 bridgehead atoms. The van der Waals surface area contributed by atoms with Gasteiger partial charge >= 0.3 is 11.9 Å². The van der Waals surface area contributed by atoms with E-state index in [-0.39, 0.29) is 28.3 Å². The van der Waals surface area contributed by atoms with E-state index in [1.54, 1.807) is 6.92 Å². The summed E-state index contributed by atoms with van der Waals surface area (Å²) in [5.74, 6) is -2.23. The molecule has 0 unspecified atom stereocenters.